The zero-order valence-corrected chi connectivity index (χ0v) is 20.1. The average molecular weight is 490 g/mol. The van der Waals surface area contributed by atoms with Crippen molar-refractivity contribution in [2.45, 2.75) is 13.8 Å². The second kappa shape index (κ2) is 12.3. The van der Waals surface area contributed by atoms with Crippen LogP contribution in [0.3, 0.4) is 0 Å². The topological polar surface area (TPSA) is 100 Å². The molecule has 0 aliphatic heterocycles. The van der Waals surface area contributed by atoms with E-state index in [4.69, 9.17) is 21.1 Å². The van der Waals surface area contributed by atoms with Gasteiger partial charge >= 0.3 is 0 Å². The lowest BCUT2D eigenvalue weighted by Gasteiger charge is -2.13. The first-order valence-electron chi connectivity index (χ1n) is 10.8. The van der Waals surface area contributed by atoms with Gasteiger partial charge in [0.2, 0.25) is 0 Å². The Kier molecular flexibility index (Phi) is 8.88. The zero-order chi connectivity index (χ0) is 25.2. The van der Waals surface area contributed by atoms with Gasteiger partial charge in [-0.2, -0.15) is 5.26 Å². The molecule has 0 aromatic heterocycles. The molecule has 2 N–H and O–H groups in total. The maximum Gasteiger partial charge on any atom is 0.266 e. The van der Waals surface area contributed by atoms with Crippen molar-refractivity contribution in [3.05, 3.63) is 88.5 Å². The molecule has 2 amide bonds. The molecule has 7 nitrogen and oxygen atoms in total. The number of benzene rings is 3. The van der Waals surface area contributed by atoms with Crippen molar-refractivity contribution in [1.29, 1.82) is 5.26 Å². The van der Waals surface area contributed by atoms with E-state index >= 15 is 0 Å². The van der Waals surface area contributed by atoms with Crippen LogP contribution in [0.1, 0.15) is 18.1 Å². The van der Waals surface area contributed by atoms with Gasteiger partial charge in [0.15, 0.2) is 18.1 Å². The lowest BCUT2D eigenvalue weighted by atomic mass is 10.1. The van der Waals surface area contributed by atoms with Crippen molar-refractivity contribution in [3.63, 3.8) is 0 Å². The summed E-state index contributed by atoms with van der Waals surface area (Å²) in [4.78, 5) is 24.9. The van der Waals surface area contributed by atoms with Gasteiger partial charge in [0.1, 0.15) is 11.6 Å². The molecule has 0 aliphatic rings. The van der Waals surface area contributed by atoms with Crippen LogP contribution in [-0.4, -0.2) is 25.0 Å². The number of hydrogen-bond donors (Lipinski definition) is 2. The molecule has 3 aromatic carbocycles. The average Bonchev–Trinajstić information content (AvgIpc) is 2.85. The predicted octanol–water partition coefficient (Wildman–Crippen LogP) is 5.61. The minimum atomic E-state index is -0.517. The van der Waals surface area contributed by atoms with E-state index < -0.39 is 5.91 Å². The maximum atomic E-state index is 12.6. The normalized spacial score (nSPS) is 10.7. The van der Waals surface area contributed by atoms with E-state index in [-0.39, 0.29) is 18.1 Å². The number of anilines is 2. The van der Waals surface area contributed by atoms with E-state index in [0.717, 1.165) is 5.56 Å². The number of rotatable bonds is 9. The molecular formula is C27H24ClN3O4. The van der Waals surface area contributed by atoms with E-state index in [2.05, 4.69) is 10.6 Å². The van der Waals surface area contributed by atoms with Crippen molar-refractivity contribution in [1.82, 2.24) is 0 Å². The molecule has 0 fully saturated rings. The van der Waals surface area contributed by atoms with Crippen LogP contribution >= 0.6 is 11.6 Å². The smallest absolute Gasteiger partial charge is 0.266 e. The van der Waals surface area contributed by atoms with Crippen molar-refractivity contribution >= 4 is 40.9 Å². The molecule has 0 heterocycles. The molecular weight excluding hydrogens is 466 g/mol. The first-order valence-corrected chi connectivity index (χ1v) is 11.2. The number of hydrogen-bond acceptors (Lipinski definition) is 5. The highest BCUT2D eigenvalue weighted by atomic mass is 35.5. The minimum absolute atomic E-state index is 0.0662. The lowest BCUT2D eigenvalue weighted by molar-refractivity contribution is -0.118. The van der Waals surface area contributed by atoms with Gasteiger partial charge in [0, 0.05) is 5.69 Å². The Bertz CT molecular complexity index is 1300. The van der Waals surface area contributed by atoms with E-state index in [0.29, 0.717) is 40.1 Å². The fourth-order valence-electron chi connectivity index (χ4n) is 3.11. The maximum absolute atomic E-state index is 12.6. The molecule has 178 valence electrons. The Morgan fingerprint density at radius 3 is 2.37 bits per heavy atom. The largest absolute Gasteiger partial charge is 0.490 e. The molecule has 35 heavy (non-hydrogen) atoms. The number of carbonyl (C=O) groups is 2. The monoisotopic (exact) mass is 489 g/mol. The number of aryl methyl sites for hydroxylation is 1. The first kappa shape index (κ1) is 25.3. The molecule has 0 aliphatic carbocycles. The summed E-state index contributed by atoms with van der Waals surface area (Å²) in [5, 5.41) is 15.4. The molecule has 0 radical (unpaired) electrons. The minimum Gasteiger partial charge on any atom is -0.490 e. The Hall–Kier alpha value is -4.28. The second-order valence-electron chi connectivity index (χ2n) is 7.39. The molecule has 0 saturated carbocycles. The molecule has 0 atom stereocenters. The van der Waals surface area contributed by atoms with E-state index in [9.17, 15) is 14.9 Å². The molecule has 0 saturated heterocycles. The Morgan fingerprint density at radius 2 is 1.69 bits per heavy atom. The lowest BCUT2D eigenvalue weighted by Crippen LogP contribution is -2.20. The number of nitrogens with zero attached hydrogens (tertiary/aromatic N) is 1. The van der Waals surface area contributed by atoms with Crippen LogP contribution in [0.25, 0.3) is 6.08 Å². The summed E-state index contributed by atoms with van der Waals surface area (Å²) in [5.41, 5.74) is 2.51. The van der Waals surface area contributed by atoms with Crippen molar-refractivity contribution in [3.8, 4) is 17.6 Å². The third-order valence-corrected chi connectivity index (χ3v) is 5.17. The van der Waals surface area contributed by atoms with Gasteiger partial charge in [0.05, 0.1) is 17.3 Å². The van der Waals surface area contributed by atoms with Gasteiger partial charge in [-0.05, 0) is 61.4 Å². The molecule has 3 aromatic rings. The van der Waals surface area contributed by atoms with Crippen molar-refractivity contribution < 1.29 is 19.1 Å². The molecule has 0 spiro atoms. The summed E-state index contributed by atoms with van der Waals surface area (Å²) in [6.07, 6.45) is 1.46. The molecule has 0 bridgehead atoms. The number of nitriles is 1. The van der Waals surface area contributed by atoms with Gasteiger partial charge in [0.25, 0.3) is 11.8 Å². The third kappa shape index (κ3) is 7.10. The van der Waals surface area contributed by atoms with E-state index in [1.54, 1.807) is 54.6 Å². The van der Waals surface area contributed by atoms with Crippen LogP contribution in [0.2, 0.25) is 5.02 Å². The summed E-state index contributed by atoms with van der Waals surface area (Å²) in [6, 6.07) is 21.1. The number of amides is 2. The van der Waals surface area contributed by atoms with Crippen LogP contribution in [0, 0.1) is 18.3 Å². The highest BCUT2D eigenvalue weighted by molar-refractivity contribution is 6.33. The van der Waals surface area contributed by atoms with Gasteiger partial charge in [-0.1, -0.05) is 48.0 Å². The van der Waals surface area contributed by atoms with Crippen LogP contribution in [0.15, 0.2) is 72.3 Å². The van der Waals surface area contributed by atoms with Crippen molar-refractivity contribution in [2.24, 2.45) is 0 Å². The quantitative estimate of drug-likeness (QED) is 0.300. The SMILES string of the molecule is CCOc1cc(/C=C(/C#N)C(=O)Nc2ccccc2C)ccc1OCC(=O)Nc1ccccc1Cl. The summed E-state index contributed by atoms with van der Waals surface area (Å²) in [5.74, 6) is -0.176. The number of halogens is 1. The zero-order valence-electron chi connectivity index (χ0n) is 19.3. The van der Waals surface area contributed by atoms with Crippen LogP contribution < -0.4 is 20.1 Å². The fourth-order valence-corrected chi connectivity index (χ4v) is 3.30. The highest BCUT2D eigenvalue weighted by Crippen LogP contribution is 2.30. The van der Waals surface area contributed by atoms with E-state index in [1.165, 1.54) is 6.08 Å². The van der Waals surface area contributed by atoms with Crippen LogP contribution in [0.5, 0.6) is 11.5 Å². The van der Waals surface area contributed by atoms with Gasteiger partial charge in [-0.25, -0.2) is 0 Å². The Morgan fingerprint density at radius 1 is 0.971 bits per heavy atom. The molecule has 0 unspecified atom stereocenters. The highest BCUT2D eigenvalue weighted by Gasteiger charge is 2.13. The number of nitrogens with one attached hydrogen (secondary N) is 2. The second-order valence-corrected chi connectivity index (χ2v) is 7.80. The number of carbonyl (C=O) groups excluding carboxylic acids is 2. The third-order valence-electron chi connectivity index (χ3n) is 4.84. The van der Waals surface area contributed by atoms with Gasteiger partial charge < -0.3 is 20.1 Å². The predicted molar refractivity (Wildman–Crippen MR) is 137 cm³/mol. The summed E-state index contributed by atoms with van der Waals surface area (Å²) < 4.78 is 11.3. The standard InChI is InChI=1S/C27H24ClN3O4/c1-3-34-25-15-19(14-20(16-29)27(33)31-22-10-6-4-8-18(22)2)12-13-24(25)35-17-26(32)30-23-11-7-5-9-21(23)28/h4-15H,3,17H2,1-2H3,(H,30,32)(H,31,33)/b20-14-. The molecule has 8 heteroatoms. The van der Waals surface area contributed by atoms with Gasteiger partial charge in [-0.3, -0.25) is 9.59 Å². The number of ether oxygens (including phenoxy) is 2. The summed E-state index contributed by atoms with van der Waals surface area (Å²) in [6.45, 7) is 3.77. The Labute approximate surface area is 208 Å². The Balaban J connectivity index is 1.72. The van der Waals surface area contributed by atoms with Crippen LogP contribution in [-0.2, 0) is 9.59 Å². The first-order chi connectivity index (χ1) is 16.9. The van der Waals surface area contributed by atoms with Gasteiger partial charge in [-0.15, -0.1) is 0 Å². The molecule has 3 rings (SSSR count). The van der Waals surface area contributed by atoms with E-state index in [1.807, 2.05) is 32.0 Å². The van der Waals surface area contributed by atoms with Crippen LogP contribution in [0.4, 0.5) is 11.4 Å². The summed E-state index contributed by atoms with van der Waals surface area (Å²) >= 11 is 6.07. The summed E-state index contributed by atoms with van der Waals surface area (Å²) in [7, 11) is 0. The number of para-hydroxylation sites is 2. The fraction of sp³-hybridized carbons (Fsp3) is 0.148. The van der Waals surface area contributed by atoms with Crippen molar-refractivity contribution in [2.75, 3.05) is 23.8 Å².